The van der Waals surface area contributed by atoms with E-state index in [2.05, 4.69) is 310 Å². The molecule has 10 aromatic carbocycles. The summed E-state index contributed by atoms with van der Waals surface area (Å²) in [5.74, 6) is 0.926. The third-order valence-electron chi connectivity index (χ3n) is 19.8. The van der Waals surface area contributed by atoms with E-state index in [-0.39, 0.29) is 24.7 Å². The Hall–Kier alpha value is -13.0. The van der Waals surface area contributed by atoms with Crippen molar-refractivity contribution in [3.63, 3.8) is 0 Å². The second-order valence-electron chi connectivity index (χ2n) is 27.4. The highest BCUT2D eigenvalue weighted by atomic mass is 15.4. The molecule has 10 aromatic rings. The van der Waals surface area contributed by atoms with Gasteiger partial charge in [0, 0.05) is 101 Å². The van der Waals surface area contributed by atoms with E-state index in [4.69, 9.17) is 22.4 Å². The van der Waals surface area contributed by atoms with Gasteiger partial charge in [0.2, 0.25) is 0 Å². The van der Waals surface area contributed by atoms with Crippen LogP contribution in [0, 0.1) is 86.5 Å². The number of rotatable bonds is 12. The second-order valence-corrected chi connectivity index (χ2v) is 27.4. The zero-order chi connectivity index (χ0) is 74.6. The summed E-state index contributed by atoms with van der Waals surface area (Å²) < 4.78 is 0. The Morgan fingerprint density at radius 3 is 1.11 bits per heavy atom. The molecule has 0 radical (unpaired) electrons. The van der Waals surface area contributed by atoms with Gasteiger partial charge in [0.05, 0.1) is 58.8 Å². The molecule has 0 fully saturated rings. The molecule has 4 heterocycles. The number of hydrogen-bond donors (Lipinski definition) is 0. The van der Waals surface area contributed by atoms with Gasteiger partial charge in [-0.3, -0.25) is 0 Å². The van der Waals surface area contributed by atoms with Crippen LogP contribution in [0.2, 0.25) is 0 Å². The van der Waals surface area contributed by atoms with Gasteiger partial charge in [-0.2, -0.15) is 21.0 Å². The van der Waals surface area contributed by atoms with Crippen molar-refractivity contribution in [1.29, 1.82) is 21.0 Å². The monoisotopic (exact) mass is 1380 g/mol. The van der Waals surface area contributed by atoms with Crippen LogP contribution < -0.4 is 39.2 Å². The number of nitriles is 4. The molecule has 0 saturated heterocycles. The van der Waals surface area contributed by atoms with Crippen LogP contribution in [-0.2, 0) is 0 Å². The van der Waals surface area contributed by atoms with E-state index in [0.717, 1.165) is 45.1 Å². The first kappa shape index (κ1) is 73.2. The molecule has 522 valence electrons. The molecule has 105 heavy (non-hydrogen) atoms. The summed E-state index contributed by atoms with van der Waals surface area (Å²) in [6, 6.07) is 82.5. The van der Waals surface area contributed by atoms with Crippen LogP contribution in [0.25, 0.3) is 27.1 Å². The summed E-state index contributed by atoms with van der Waals surface area (Å²) in [6.45, 7) is 35.2. The number of anilines is 8. The Morgan fingerprint density at radius 2 is 0.695 bits per heavy atom. The third kappa shape index (κ3) is 15.9. The number of hydrogen-bond acceptors (Lipinski definition) is 12. The standard InChI is InChI=1S/C30H25N3.C24H29N3.C19H16N4.C19H19N3/c1-22-20-24(21-31)16-17-29(22)32-18-19-33(23(32)2)30-27(25-10-5-3-6-11-25)14-9-15-28(30)26-12-7-4-8-13-26;1-16(2)21-8-7-9-22(17(3)4)24(21)27-13-12-26(19(27)6)23-11-10-20(15-25)14-18(23)5;1-14-12-16(13-20)4-9-19(14)23-11-10-22(15(23)2)18-7-5-17(21-3)6-8-18;1-14-7-8-15(2)19(11-14)22-10-9-21(16(22)3)18-6-4-5-17(12-18)13-20/h3-20,23H,1-2H3;7-14,16-17,19H,1-6H3;4-12,15H,1-2H3;4-12,16H,1-3H3/t23-;19-;15-;16-/m0011/s1. The summed E-state index contributed by atoms with van der Waals surface area (Å²) in [7, 11) is 0. The molecule has 0 aliphatic carbocycles. The molecule has 13 nitrogen and oxygen atoms in total. The lowest BCUT2D eigenvalue weighted by atomic mass is 9.92. The second kappa shape index (κ2) is 32.8. The summed E-state index contributed by atoms with van der Waals surface area (Å²) >= 11 is 0. The van der Waals surface area contributed by atoms with Crippen LogP contribution in [0.15, 0.2) is 268 Å². The Labute approximate surface area is 621 Å². The van der Waals surface area contributed by atoms with Crippen molar-refractivity contribution in [2.24, 2.45) is 0 Å². The quantitative estimate of drug-likeness (QED) is 0.108. The molecule has 0 bridgehead atoms. The highest BCUT2D eigenvalue weighted by molar-refractivity contribution is 5.93. The number of para-hydroxylation sites is 2. The first-order valence-corrected chi connectivity index (χ1v) is 35.7. The van der Waals surface area contributed by atoms with Gasteiger partial charge < -0.3 is 39.2 Å². The lowest BCUT2D eigenvalue weighted by molar-refractivity contribution is 0.727. The van der Waals surface area contributed by atoms with Crippen LogP contribution in [0.3, 0.4) is 0 Å². The fourth-order valence-corrected chi connectivity index (χ4v) is 14.2. The van der Waals surface area contributed by atoms with E-state index in [9.17, 15) is 5.26 Å². The molecular weight excluding hydrogens is 1290 g/mol. The Morgan fingerprint density at radius 1 is 0.324 bits per heavy atom. The molecule has 4 aliphatic rings. The van der Waals surface area contributed by atoms with Crippen LogP contribution in [-0.4, -0.2) is 24.7 Å². The third-order valence-corrected chi connectivity index (χ3v) is 19.8. The predicted molar refractivity (Wildman–Crippen MR) is 434 cm³/mol. The average molecular weight is 1380 g/mol. The van der Waals surface area contributed by atoms with Gasteiger partial charge in [-0.15, -0.1) is 0 Å². The van der Waals surface area contributed by atoms with Crippen molar-refractivity contribution in [1.82, 2.24) is 0 Å². The van der Waals surface area contributed by atoms with Crippen molar-refractivity contribution in [3.8, 4) is 46.5 Å². The molecule has 4 aliphatic heterocycles. The maximum atomic E-state index is 9.25. The van der Waals surface area contributed by atoms with Crippen molar-refractivity contribution >= 4 is 51.2 Å². The summed E-state index contributed by atoms with van der Waals surface area (Å²) in [6.07, 6.45) is 17.4. The van der Waals surface area contributed by atoms with Gasteiger partial charge in [0.25, 0.3) is 0 Å². The molecule has 0 unspecified atom stereocenters. The molecule has 0 N–H and O–H groups in total. The van der Waals surface area contributed by atoms with Crippen molar-refractivity contribution in [2.45, 2.75) is 127 Å². The predicted octanol–water partition coefficient (Wildman–Crippen LogP) is 22.5. The largest absolute Gasteiger partial charge is 0.326 e. The minimum absolute atomic E-state index is 0.0731. The lowest BCUT2D eigenvalue weighted by Gasteiger charge is -2.34. The van der Waals surface area contributed by atoms with E-state index >= 15 is 0 Å². The van der Waals surface area contributed by atoms with Crippen molar-refractivity contribution in [2.75, 3.05) is 39.2 Å². The van der Waals surface area contributed by atoms with Crippen LogP contribution in [0.1, 0.15) is 128 Å². The molecule has 14 rings (SSSR count). The Kier molecular flexibility index (Phi) is 22.9. The van der Waals surface area contributed by atoms with E-state index in [1.54, 1.807) is 0 Å². The maximum Gasteiger partial charge on any atom is 0.187 e. The molecular formula is C92H89N13. The Bertz CT molecular complexity index is 5050. The van der Waals surface area contributed by atoms with Gasteiger partial charge in [0.15, 0.2) is 5.69 Å². The number of aryl methyl sites for hydroxylation is 5. The van der Waals surface area contributed by atoms with Crippen molar-refractivity contribution < 1.29 is 0 Å². The fraction of sp³-hybridized carbons (Fsp3) is 0.207. The summed E-state index contributed by atoms with van der Waals surface area (Å²) in [4.78, 5) is 21.5. The van der Waals surface area contributed by atoms with Gasteiger partial charge in [0.1, 0.15) is 24.7 Å². The molecule has 0 aromatic heterocycles. The molecule has 0 amide bonds. The van der Waals surface area contributed by atoms with Gasteiger partial charge >= 0.3 is 0 Å². The highest BCUT2D eigenvalue weighted by Gasteiger charge is 2.33. The van der Waals surface area contributed by atoms with E-state index in [1.807, 2.05) is 116 Å². The maximum absolute atomic E-state index is 9.25. The first-order chi connectivity index (χ1) is 50.7. The van der Waals surface area contributed by atoms with E-state index in [1.165, 1.54) is 61.6 Å². The summed E-state index contributed by atoms with van der Waals surface area (Å²) in [5, 5.41) is 36.5. The number of nitrogens with zero attached hydrogens (tertiary/aromatic N) is 13. The molecule has 13 heteroatoms. The highest BCUT2D eigenvalue weighted by Crippen LogP contribution is 2.45. The SMILES string of the molecule is Cc1cc(C#N)ccc1N1C=CN(c2c(-c3ccccc3)cccc2-c2ccccc2)[C@H]1C.Cc1cc(C#N)ccc1N1C=CN(c2c(C(C)C)cccc2C(C)C)[C@H]1C.Cc1ccc(C)c(N2C=CN(c3cccc(C#N)c3)[C@H]2C)c1.[C-]#[N+]c1ccc(N2C=CN(c3ccc(C#N)cc3C)[C@@H]2C)cc1. The van der Waals surface area contributed by atoms with Crippen molar-refractivity contribution in [3.05, 3.63) is 341 Å². The zero-order valence-electron chi connectivity index (χ0n) is 62.2. The average Bonchev–Trinajstić information content (AvgIpc) is 1.73. The fourth-order valence-electron chi connectivity index (χ4n) is 14.2. The minimum atomic E-state index is 0.0731. The van der Waals surface area contributed by atoms with E-state index < -0.39 is 0 Å². The zero-order valence-corrected chi connectivity index (χ0v) is 62.2. The minimum Gasteiger partial charge on any atom is -0.326 e. The summed E-state index contributed by atoms with van der Waals surface area (Å²) in [5.41, 5.74) is 25.9. The van der Waals surface area contributed by atoms with Crippen LogP contribution in [0.5, 0.6) is 0 Å². The normalized spacial score (nSPS) is 16.1. The van der Waals surface area contributed by atoms with E-state index in [0.29, 0.717) is 39.8 Å². The number of benzene rings is 10. The van der Waals surface area contributed by atoms with Crippen LogP contribution in [0.4, 0.5) is 51.2 Å². The molecule has 4 atom stereocenters. The topological polar surface area (TPSA) is 125 Å². The van der Waals surface area contributed by atoms with Gasteiger partial charge in [-0.05, 0) is 215 Å². The van der Waals surface area contributed by atoms with Crippen LogP contribution >= 0.6 is 0 Å². The lowest BCUT2D eigenvalue weighted by Crippen LogP contribution is -2.37. The molecule has 0 saturated carbocycles. The molecule has 0 spiro atoms. The van der Waals surface area contributed by atoms with Gasteiger partial charge in [-0.25, -0.2) is 4.85 Å². The Balaban J connectivity index is 0.000000142. The van der Waals surface area contributed by atoms with Gasteiger partial charge in [-0.1, -0.05) is 155 Å². The smallest absolute Gasteiger partial charge is 0.187 e. The first-order valence-electron chi connectivity index (χ1n) is 35.7.